The molecule has 0 aliphatic heterocycles. The Labute approximate surface area is 80.3 Å². The topological polar surface area (TPSA) is 41.1 Å². The summed E-state index contributed by atoms with van der Waals surface area (Å²) in [6.07, 6.45) is 2.51. The summed E-state index contributed by atoms with van der Waals surface area (Å²) in [7, 11) is 0. The van der Waals surface area contributed by atoms with Crippen molar-refractivity contribution in [2.24, 2.45) is 5.41 Å². The van der Waals surface area contributed by atoms with E-state index in [0.717, 1.165) is 6.54 Å². The zero-order valence-electron chi connectivity index (χ0n) is 8.81. The Morgan fingerprint density at radius 2 is 2.08 bits per heavy atom. The molecule has 1 saturated carbocycles. The van der Waals surface area contributed by atoms with E-state index >= 15 is 0 Å². The van der Waals surface area contributed by atoms with E-state index in [1.54, 1.807) is 0 Å². The van der Waals surface area contributed by atoms with Gasteiger partial charge in [-0.1, -0.05) is 20.8 Å². The fraction of sp³-hybridized carbons (Fsp3) is 0.900. The lowest BCUT2D eigenvalue weighted by Gasteiger charge is -2.11. The number of carbonyl (C=O) groups is 1. The lowest BCUT2D eigenvalue weighted by atomic mass is 10.1. The van der Waals surface area contributed by atoms with Gasteiger partial charge in [0, 0.05) is 12.6 Å². The molecule has 3 heteroatoms. The molecule has 13 heavy (non-hydrogen) atoms. The van der Waals surface area contributed by atoms with Crippen molar-refractivity contribution in [3.63, 3.8) is 0 Å². The van der Waals surface area contributed by atoms with E-state index in [1.165, 1.54) is 12.8 Å². The molecule has 3 nitrogen and oxygen atoms in total. The molecule has 0 unspecified atom stereocenters. The van der Waals surface area contributed by atoms with E-state index in [4.69, 9.17) is 0 Å². The molecule has 0 aromatic heterocycles. The Morgan fingerprint density at radius 1 is 1.46 bits per heavy atom. The maximum absolute atomic E-state index is 11.2. The Kier molecular flexibility index (Phi) is 3.31. The van der Waals surface area contributed by atoms with Crippen LogP contribution in [0.15, 0.2) is 0 Å². The Balaban J connectivity index is 2.04. The summed E-state index contributed by atoms with van der Waals surface area (Å²) < 4.78 is 0. The Bertz CT molecular complexity index is 185. The van der Waals surface area contributed by atoms with Crippen LogP contribution < -0.4 is 10.6 Å². The summed E-state index contributed by atoms with van der Waals surface area (Å²) in [4.78, 5) is 11.2. The van der Waals surface area contributed by atoms with Crippen molar-refractivity contribution >= 4 is 5.91 Å². The second-order valence-electron chi connectivity index (χ2n) is 4.62. The molecule has 0 aromatic rings. The molecule has 1 fully saturated rings. The van der Waals surface area contributed by atoms with Gasteiger partial charge >= 0.3 is 0 Å². The van der Waals surface area contributed by atoms with E-state index in [0.29, 0.717) is 18.0 Å². The molecular weight excluding hydrogens is 164 g/mol. The van der Waals surface area contributed by atoms with Crippen LogP contribution in [0.25, 0.3) is 0 Å². The quantitative estimate of drug-likeness (QED) is 0.666. The normalized spacial score (nSPS) is 18.8. The number of amides is 1. The largest absolute Gasteiger partial charge is 0.354 e. The second-order valence-corrected chi connectivity index (χ2v) is 4.62. The molecule has 1 rings (SSSR count). The summed E-state index contributed by atoms with van der Waals surface area (Å²) in [6.45, 7) is 7.56. The highest BCUT2D eigenvalue weighted by Gasteiger charge is 2.37. The van der Waals surface area contributed by atoms with Gasteiger partial charge in [-0.05, 0) is 18.3 Å². The molecule has 0 atom stereocenters. The van der Waals surface area contributed by atoms with Crippen LogP contribution in [0.3, 0.4) is 0 Å². The van der Waals surface area contributed by atoms with Gasteiger partial charge in [-0.3, -0.25) is 4.79 Å². The lowest BCUT2D eigenvalue weighted by molar-refractivity contribution is -0.120. The molecule has 0 aromatic carbocycles. The monoisotopic (exact) mass is 184 g/mol. The summed E-state index contributed by atoms with van der Waals surface area (Å²) >= 11 is 0. The van der Waals surface area contributed by atoms with Crippen molar-refractivity contribution in [3.8, 4) is 0 Å². The minimum atomic E-state index is 0.113. The predicted molar refractivity (Wildman–Crippen MR) is 53.5 cm³/mol. The third-order valence-electron chi connectivity index (χ3n) is 2.49. The number of rotatable bonds is 5. The maximum atomic E-state index is 11.2. The van der Waals surface area contributed by atoms with Gasteiger partial charge in [0.05, 0.1) is 6.54 Å². The third kappa shape index (κ3) is 4.27. The van der Waals surface area contributed by atoms with Crippen LogP contribution in [0.4, 0.5) is 0 Å². The first-order valence-electron chi connectivity index (χ1n) is 5.02. The summed E-state index contributed by atoms with van der Waals surface area (Å²) in [5.74, 6) is 0.113. The predicted octanol–water partition coefficient (Wildman–Crippen LogP) is 0.901. The first kappa shape index (κ1) is 10.5. The van der Waals surface area contributed by atoms with Gasteiger partial charge < -0.3 is 10.6 Å². The van der Waals surface area contributed by atoms with Gasteiger partial charge in [0.1, 0.15) is 0 Å². The molecule has 1 aliphatic rings. The number of hydrogen-bond acceptors (Lipinski definition) is 2. The highest BCUT2D eigenvalue weighted by Crippen LogP contribution is 2.43. The molecule has 0 radical (unpaired) electrons. The molecule has 0 heterocycles. The lowest BCUT2D eigenvalue weighted by Crippen LogP contribution is -2.38. The molecule has 2 N–H and O–H groups in total. The maximum Gasteiger partial charge on any atom is 0.233 e. The number of hydrogen-bond donors (Lipinski definition) is 2. The van der Waals surface area contributed by atoms with Crippen molar-refractivity contribution in [1.82, 2.24) is 10.6 Å². The van der Waals surface area contributed by atoms with E-state index in [-0.39, 0.29) is 5.91 Å². The highest BCUT2D eigenvalue weighted by atomic mass is 16.1. The highest BCUT2D eigenvalue weighted by molar-refractivity contribution is 5.78. The van der Waals surface area contributed by atoms with Gasteiger partial charge in [0.25, 0.3) is 0 Å². The van der Waals surface area contributed by atoms with Gasteiger partial charge in [0.2, 0.25) is 5.91 Å². The molecule has 0 bridgehead atoms. The van der Waals surface area contributed by atoms with Crippen LogP contribution in [0.2, 0.25) is 0 Å². The molecule has 1 amide bonds. The third-order valence-corrected chi connectivity index (χ3v) is 2.49. The van der Waals surface area contributed by atoms with Crippen LogP contribution in [0, 0.1) is 5.41 Å². The van der Waals surface area contributed by atoms with Crippen LogP contribution in [-0.4, -0.2) is 25.0 Å². The molecule has 0 spiro atoms. The zero-order chi connectivity index (χ0) is 9.90. The molecule has 1 aliphatic carbocycles. The van der Waals surface area contributed by atoms with E-state index < -0.39 is 0 Å². The minimum Gasteiger partial charge on any atom is -0.354 e. The van der Waals surface area contributed by atoms with Crippen LogP contribution in [0.1, 0.15) is 33.6 Å². The van der Waals surface area contributed by atoms with Crippen LogP contribution in [0.5, 0.6) is 0 Å². The fourth-order valence-corrected chi connectivity index (χ4v) is 1.06. The Morgan fingerprint density at radius 3 is 2.54 bits per heavy atom. The summed E-state index contributed by atoms with van der Waals surface area (Å²) in [5.41, 5.74) is 0.410. The van der Waals surface area contributed by atoms with Gasteiger partial charge in [-0.2, -0.15) is 0 Å². The standard InChI is InChI=1S/C10H20N2O/c1-8(2)11-6-9(13)12-7-10(3)4-5-10/h8,11H,4-7H2,1-3H3,(H,12,13). The Hall–Kier alpha value is -0.570. The summed E-state index contributed by atoms with van der Waals surface area (Å²) in [5, 5.41) is 6.03. The average molecular weight is 184 g/mol. The van der Waals surface area contributed by atoms with E-state index in [9.17, 15) is 4.79 Å². The number of carbonyl (C=O) groups excluding carboxylic acids is 1. The molecule has 76 valence electrons. The van der Waals surface area contributed by atoms with Crippen molar-refractivity contribution in [1.29, 1.82) is 0 Å². The minimum absolute atomic E-state index is 0.113. The van der Waals surface area contributed by atoms with Crippen molar-refractivity contribution in [2.75, 3.05) is 13.1 Å². The van der Waals surface area contributed by atoms with E-state index in [2.05, 4.69) is 17.6 Å². The molecule has 0 saturated heterocycles. The second kappa shape index (κ2) is 4.09. The van der Waals surface area contributed by atoms with Gasteiger partial charge in [0.15, 0.2) is 0 Å². The first-order chi connectivity index (χ1) is 6.02. The van der Waals surface area contributed by atoms with Crippen molar-refractivity contribution < 1.29 is 4.79 Å². The SMILES string of the molecule is CC(C)NCC(=O)NCC1(C)CC1. The van der Waals surface area contributed by atoms with Crippen molar-refractivity contribution in [3.05, 3.63) is 0 Å². The fourth-order valence-electron chi connectivity index (χ4n) is 1.06. The summed E-state index contributed by atoms with van der Waals surface area (Å²) in [6, 6.07) is 0.377. The van der Waals surface area contributed by atoms with Crippen LogP contribution in [-0.2, 0) is 4.79 Å². The van der Waals surface area contributed by atoms with Crippen molar-refractivity contribution in [2.45, 2.75) is 39.7 Å². The smallest absolute Gasteiger partial charge is 0.233 e. The van der Waals surface area contributed by atoms with E-state index in [1.807, 2.05) is 13.8 Å². The van der Waals surface area contributed by atoms with Gasteiger partial charge in [-0.15, -0.1) is 0 Å². The zero-order valence-corrected chi connectivity index (χ0v) is 8.81. The van der Waals surface area contributed by atoms with Crippen LogP contribution >= 0.6 is 0 Å². The van der Waals surface area contributed by atoms with Gasteiger partial charge in [-0.25, -0.2) is 0 Å². The molecular formula is C10H20N2O. The average Bonchev–Trinajstić information content (AvgIpc) is 2.77. The number of nitrogens with one attached hydrogen (secondary N) is 2. The first-order valence-corrected chi connectivity index (χ1v) is 5.02.